The van der Waals surface area contributed by atoms with Crippen molar-refractivity contribution in [2.24, 2.45) is 0 Å². The number of aliphatic hydroxyl groups excluding tert-OH is 2. The molecule has 0 aliphatic carbocycles. The van der Waals surface area contributed by atoms with Crippen LogP contribution in [0.1, 0.15) is 239 Å². The van der Waals surface area contributed by atoms with Gasteiger partial charge in [0.15, 0.2) is 0 Å². The standard InChI is InChI=1S/C61H103NO5/c1-4-7-10-13-16-19-22-25-28-30-32-34-37-40-43-46-49-52-57(67-61(66)54-51-48-45-42-39-36-33-31-29-26-23-20-17-14-11-8-5-2)55-60(65)62-58(56-63)59(64)53-50-47-44-41-38-35-27-24-21-18-15-12-9-6-3/h8,11,16-17,19-20,25-26,28-29,32-34,36,40,42-43,45,57-59,63-64H,4-7,9-10,12-15,18,21-24,27,30-31,35,37-39,41,44,46-56H2,1-3H3,(H,62,65)/b11-8-,19-16-,20-17-,28-25-,29-26-,34-32-,36-33-,43-40-,45-42-. The fraction of sp³-hybridized carbons (Fsp3) is 0.672. The number of amides is 1. The number of hydrogen-bond acceptors (Lipinski definition) is 5. The van der Waals surface area contributed by atoms with E-state index in [9.17, 15) is 19.8 Å². The third-order valence-electron chi connectivity index (χ3n) is 11.8. The molecule has 0 aliphatic heterocycles. The van der Waals surface area contributed by atoms with E-state index < -0.39 is 18.2 Å². The highest BCUT2D eigenvalue weighted by Gasteiger charge is 2.24. The van der Waals surface area contributed by atoms with Gasteiger partial charge in [-0.05, 0) is 103 Å². The second-order valence-corrected chi connectivity index (χ2v) is 18.2. The molecule has 67 heavy (non-hydrogen) atoms. The smallest absolute Gasteiger partial charge is 0.306 e. The van der Waals surface area contributed by atoms with Crippen molar-refractivity contribution < 1.29 is 24.5 Å². The summed E-state index contributed by atoms with van der Waals surface area (Å²) in [4.78, 5) is 26.2. The molecule has 382 valence electrons. The van der Waals surface area contributed by atoms with E-state index in [-0.39, 0.29) is 24.9 Å². The topological polar surface area (TPSA) is 95.9 Å². The Kier molecular flexibility index (Phi) is 50.7. The first-order valence-electron chi connectivity index (χ1n) is 27.6. The molecule has 0 fully saturated rings. The van der Waals surface area contributed by atoms with Crippen LogP contribution in [0.15, 0.2) is 109 Å². The number of esters is 1. The lowest BCUT2D eigenvalue weighted by Crippen LogP contribution is -2.46. The molecular formula is C61H103NO5. The monoisotopic (exact) mass is 930 g/mol. The van der Waals surface area contributed by atoms with Gasteiger partial charge in [0.25, 0.3) is 0 Å². The summed E-state index contributed by atoms with van der Waals surface area (Å²) in [5.41, 5.74) is 0. The average molecular weight is 930 g/mol. The lowest BCUT2D eigenvalue weighted by Gasteiger charge is -2.24. The predicted molar refractivity (Wildman–Crippen MR) is 291 cm³/mol. The lowest BCUT2D eigenvalue weighted by atomic mass is 10.0. The van der Waals surface area contributed by atoms with Crippen molar-refractivity contribution in [2.75, 3.05) is 6.61 Å². The Morgan fingerprint density at radius 2 is 0.821 bits per heavy atom. The summed E-state index contributed by atoms with van der Waals surface area (Å²) in [5, 5.41) is 23.8. The molecule has 0 saturated heterocycles. The third-order valence-corrected chi connectivity index (χ3v) is 11.8. The van der Waals surface area contributed by atoms with Gasteiger partial charge in [0.1, 0.15) is 6.10 Å². The second-order valence-electron chi connectivity index (χ2n) is 18.2. The van der Waals surface area contributed by atoms with E-state index in [1.165, 1.54) is 96.3 Å². The summed E-state index contributed by atoms with van der Waals surface area (Å²) in [5.74, 6) is -0.604. The molecule has 0 radical (unpaired) electrons. The second kappa shape index (κ2) is 53.5. The van der Waals surface area contributed by atoms with Crippen molar-refractivity contribution >= 4 is 11.9 Å². The molecule has 3 N–H and O–H groups in total. The van der Waals surface area contributed by atoms with Crippen molar-refractivity contribution in [1.82, 2.24) is 5.32 Å². The molecule has 0 aromatic heterocycles. The van der Waals surface area contributed by atoms with Crippen LogP contribution in [-0.4, -0.2) is 46.9 Å². The zero-order valence-electron chi connectivity index (χ0n) is 43.5. The van der Waals surface area contributed by atoms with Crippen LogP contribution in [0.5, 0.6) is 0 Å². The van der Waals surface area contributed by atoms with Crippen LogP contribution in [0.2, 0.25) is 0 Å². The highest BCUT2D eigenvalue weighted by atomic mass is 16.5. The van der Waals surface area contributed by atoms with Gasteiger partial charge < -0.3 is 20.3 Å². The number of hydrogen-bond donors (Lipinski definition) is 3. The molecule has 0 aromatic rings. The molecule has 3 unspecified atom stereocenters. The molecule has 6 nitrogen and oxygen atoms in total. The SMILES string of the molecule is CC/C=C\C/C=C\C/C=C\C/C=C\C/C=C\CCCC(=O)OC(CCC/C=C\C/C=C\C/C=C\C/C=C\CCCCC)CC(=O)NC(CO)C(O)CCCCCCCCCCCCCCCC. The lowest BCUT2D eigenvalue weighted by molar-refractivity contribution is -0.151. The molecule has 0 bridgehead atoms. The first kappa shape index (κ1) is 63.5. The maximum atomic E-state index is 13.2. The maximum Gasteiger partial charge on any atom is 0.306 e. The van der Waals surface area contributed by atoms with Crippen molar-refractivity contribution in [3.8, 4) is 0 Å². The van der Waals surface area contributed by atoms with Crippen LogP contribution < -0.4 is 5.32 Å². The first-order chi connectivity index (χ1) is 33.0. The number of allylic oxidation sites excluding steroid dienone is 18. The molecule has 0 rings (SSSR count). The molecule has 3 atom stereocenters. The molecule has 0 heterocycles. The highest BCUT2D eigenvalue weighted by Crippen LogP contribution is 2.16. The van der Waals surface area contributed by atoms with E-state index in [2.05, 4.69) is 135 Å². The number of aliphatic hydroxyl groups is 2. The molecule has 0 aliphatic rings. The Morgan fingerprint density at radius 3 is 1.25 bits per heavy atom. The van der Waals surface area contributed by atoms with E-state index in [0.717, 1.165) is 89.9 Å². The Bertz CT molecular complexity index is 1370. The summed E-state index contributed by atoms with van der Waals surface area (Å²) >= 11 is 0. The van der Waals surface area contributed by atoms with E-state index in [1.54, 1.807) is 0 Å². The van der Waals surface area contributed by atoms with Crippen molar-refractivity contribution in [3.05, 3.63) is 109 Å². The normalized spacial score (nSPS) is 14.0. The van der Waals surface area contributed by atoms with Crippen LogP contribution in [-0.2, 0) is 14.3 Å². The largest absolute Gasteiger partial charge is 0.462 e. The number of unbranched alkanes of at least 4 members (excludes halogenated alkanes) is 18. The summed E-state index contributed by atoms with van der Waals surface area (Å²) in [6, 6.07) is -0.738. The molecule has 6 heteroatoms. The minimum atomic E-state index is -0.819. The van der Waals surface area contributed by atoms with Gasteiger partial charge >= 0.3 is 5.97 Å². The molecule has 0 aromatic carbocycles. The Morgan fingerprint density at radius 1 is 0.448 bits per heavy atom. The van der Waals surface area contributed by atoms with E-state index in [1.807, 2.05) is 0 Å². The Balaban J connectivity index is 4.79. The van der Waals surface area contributed by atoms with Crippen LogP contribution in [0.4, 0.5) is 0 Å². The Labute approximate surface area is 413 Å². The van der Waals surface area contributed by atoms with Gasteiger partial charge in [-0.3, -0.25) is 9.59 Å². The van der Waals surface area contributed by atoms with Gasteiger partial charge in [0.05, 0.1) is 25.2 Å². The average Bonchev–Trinajstić information content (AvgIpc) is 3.32. The zero-order chi connectivity index (χ0) is 48.8. The Hall–Kier alpha value is -3.48. The highest BCUT2D eigenvalue weighted by molar-refractivity contribution is 5.77. The molecule has 0 saturated carbocycles. The minimum Gasteiger partial charge on any atom is -0.462 e. The minimum absolute atomic E-state index is 0.0111. The quantitative estimate of drug-likeness (QED) is 0.0321. The van der Waals surface area contributed by atoms with Gasteiger partial charge in [-0.1, -0.05) is 233 Å². The summed E-state index contributed by atoms with van der Waals surface area (Å²) in [7, 11) is 0. The third kappa shape index (κ3) is 48.8. The summed E-state index contributed by atoms with van der Waals surface area (Å²) in [6.07, 6.45) is 73.0. The van der Waals surface area contributed by atoms with Crippen LogP contribution in [0.25, 0.3) is 0 Å². The van der Waals surface area contributed by atoms with E-state index in [0.29, 0.717) is 25.7 Å². The number of ether oxygens (including phenoxy) is 1. The van der Waals surface area contributed by atoms with Crippen LogP contribution in [0, 0.1) is 0 Å². The summed E-state index contributed by atoms with van der Waals surface area (Å²) in [6.45, 7) is 6.31. The fourth-order valence-corrected chi connectivity index (χ4v) is 7.69. The number of rotatable bonds is 48. The maximum absolute atomic E-state index is 13.2. The van der Waals surface area contributed by atoms with E-state index in [4.69, 9.17) is 4.74 Å². The van der Waals surface area contributed by atoms with Crippen molar-refractivity contribution in [3.63, 3.8) is 0 Å². The number of carbonyl (C=O) groups is 2. The van der Waals surface area contributed by atoms with Gasteiger partial charge in [-0.15, -0.1) is 0 Å². The van der Waals surface area contributed by atoms with Crippen molar-refractivity contribution in [2.45, 2.75) is 257 Å². The summed E-state index contributed by atoms with van der Waals surface area (Å²) < 4.78 is 5.89. The van der Waals surface area contributed by atoms with Gasteiger partial charge in [-0.2, -0.15) is 0 Å². The van der Waals surface area contributed by atoms with Crippen LogP contribution >= 0.6 is 0 Å². The number of carbonyl (C=O) groups excluding carboxylic acids is 2. The fourth-order valence-electron chi connectivity index (χ4n) is 7.69. The predicted octanol–water partition coefficient (Wildman–Crippen LogP) is 17.1. The van der Waals surface area contributed by atoms with Gasteiger partial charge in [-0.25, -0.2) is 0 Å². The van der Waals surface area contributed by atoms with E-state index >= 15 is 0 Å². The zero-order valence-corrected chi connectivity index (χ0v) is 43.5. The van der Waals surface area contributed by atoms with Gasteiger partial charge in [0, 0.05) is 6.42 Å². The molecule has 0 spiro atoms. The molecular weight excluding hydrogens is 827 g/mol. The van der Waals surface area contributed by atoms with Crippen LogP contribution in [0.3, 0.4) is 0 Å². The number of nitrogens with one attached hydrogen (secondary N) is 1. The van der Waals surface area contributed by atoms with Crippen molar-refractivity contribution in [1.29, 1.82) is 0 Å². The van der Waals surface area contributed by atoms with Gasteiger partial charge in [0.2, 0.25) is 5.91 Å². The molecule has 1 amide bonds. The first-order valence-corrected chi connectivity index (χ1v) is 27.6.